The molecule has 2 saturated heterocycles. The highest BCUT2D eigenvalue weighted by Gasteiger charge is 2.32. The van der Waals surface area contributed by atoms with Gasteiger partial charge in [-0.15, -0.1) is 0 Å². The number of rotatable bonds is 6. The van der Waals surface area contributed by atoms with Crippen molar-refractivity contribution >= 4 is 21.6 Å². The summed E-state index contributed by atoms with van der Waals surface area (Å²) in [5.74, 6) is 0.373. The van der Waals surface area contributed by atoms with Crippen molar-refractivity contribution in [3.63, 3.8) is 0 Å². The zero-order valence-electron chi connectivity index (χ0n) is 17.7. The van der Waals surface area contributed by atoms with Gasteiger partial charge in [0.1, 0.15) is 0 Å². The molecule has 1 aromatic carbocycles. The molecule has 2 heterocycles. The third-order valence-electron chi connectivity index (χ3n) is 5.74. The number of carbonyl (C=O) groups excluding carboxylic acids is 1. The molecule has 0 aromatic heterocycles. The van der Waals surface area contributed by atoms with Crippen LogP contribution in [0.3, 0.4) is 0 Å². The van der Waals surface area contributed by atoms with Gasteiger partial charge in [0.05, 0.1) is 24.7 Å². The first-order valence-corrected chi connectivity index (χ1v) is 11.5. The van der Waals surface area contributed by atoms with Crippen LogP contribution in [0.5, 0.6) is 0 Å². The lowest BCUT2D eigenvalue weighted by Crippen LogP contribution is -2.40. The van der Waals surface area contributed by atoms with Crippen LogP contribution in [0.2, 0.25) is 0 Å². The highest BCUT2D eigenvalue weighted by molar-refractivity contribution is 7.89. The standard InChI is InChI=1S/C20H32N4O4S/c1-15-5-6-17(11-19(15)29(26,27)24-7-9-28-10-8-24)21-20(25)14-23-12-16(2)18(13-23)22(3)4/h5-6,11,16,18H,7-10,12-14H2,1-4H3,(H,21,25)/t16-,18-/m1/s1. The minimum absolute atomic E-state index is 0.129. The fourth-order valence-corrected chi connectivity index (χ4v) is 5.79. The minimum Gasteiger partial charge on any atom is -0.379 e. The predicted octanol–water partition coefficient (Wildman–Crippen LogP) is 0.836. The Morgan fingerprint density at radius 2 is 1.93 bits per heavy atom. The van der Waals surface area contributed by atoms with Crippen molar-refractivity contribution in [2.75, 3.05) is 65.3 Å². The van der Waals surface area contributed by atoms with Gasteiger partial charge in [-0.1, -0.05) is 13.0 Å². The van der Waals surface area contributed by atoms with Crippen molar-refractivity contribution in [1.29, 1.82) is 0 Å². The van der Waals surface area contributed by atoms with Crippen molar-refractivity contribution < 1.29 is 17.9 Å². The molecule has 2 aliphatic heterocycles. The minimum atomic E-state index is -3.61. The Morgan fingerprint density at radius 1 is 1.24 bits per heavy atom. The Labute approximate surface area is 173 Å². The molecule has 3 rings (SSSR count). The number of sulfonamides is 1. The van der Waals surface area contributed by atoms with Crippen LogP contribution in [-0.4, -0.2) is 94.5 Å². The van der Waals surface area contributed by atoms with Crippen LogP contribution in [-0.2, 0) is 19.6 Å². The Bertz CT molecular complexity index is 837. The third kappa shape index (κ3) is 5.16. The second-order valence-electron chi connectivity index (χ2n) is 8.25. The van der Waals surface area contributed by atoms with E-state index in [-0.39, 0.29) is 10.8 Å². The maximum absolute atomic E-state index is 13.0. The molecular formula is C20H32N4O4S. The van der Waals surface area contributed by atoms with E-state index in [9.17, 15) is 13.2 Å². The number of benzene rings is 1. The molecule has 162 valence electrons. The van der Waals surface area contributed by atoms with Gasteiger partial charge >= 0.3 is 0 Å². The summed E-state index contributed by atoms with van der Waals surface area (Å²) in [6.45, 7) is 7.49. The number of anilines is 1. The molecule has 0 saturated carbocycles. The molecule has 2 atom stereocenters. The number of amides is 1. The van der Waals surface area contributed by atoms with Gasteiger partial charge in [-0.05, 0) is 44.6 Å². The van der Waals surface area contributed by atoms with Crippen molar-refractivity contribution in [2.24, 2.45) is 5.92 Å². The molecule has 0 radical (unpaired) electrons. The van der Waals surface area contributed by atoms with Crippen molar-refractivity contribution in [1.82, 2.24) is 14.1 Å². The first kappa shape index (κ1) is 22.2. The summed E-state index contributed by atoms with van der Waals surface area (Å²) in [6.07, 6.45) is 0. The SMILES string of the molecule is Cc1ccc(NC(=O)CN2C[C@@H](C)[C@H](N(C)C)C2)cc1S(=O)(=O)N1CCOCC1. The second kappa shape index (κ2) is 9.09. The Balaban J connectivity index is 1.67. The molecule has 9 heteroatoms. The molecule has 2 aliphatic rings. The lowest BCUT2D eigenvalue weighted by molar-refractivity contribution is -0.117. The van der Waals surface area contributed by atoms with Crippen LogP contribution in [0.25, 0.3) is 0 Å². The molecule has 0 unspecified atom stereocenters. The highest BCUT2D eigenvalue weighted by atomic mass is 32.2. The molecule has 0 spiro atoms. The molecule has 29 heavy (non-hydrogen) atoms. The number of morpholine rings is 1. The van der Waals surface area contributed by atoms with E-state index >= 15 is 0 Å². The first-order chi connectivity index (χ1) is 13.7. The molecule has 8 nitrogen and oxygen atoms in total. The lowest BCUT2D eigenvalue weighted by atomic mass is 10.1. The van der Waals surface area contributed by atoms with Crippen LogP contribution in [0, 0.1) is 12.8 Å². The van der Waals surface area contributed by atoms with Gasteiger partial charge in [-0.25, -0.2) is 8.42 Å². The highest BCUT2D eigenvalue weighted by Crippen LogP contribution is 2.25. The summed E-state index contributed by atoms with van der Waals surface area (Å²) < 4.78 is 32.7. The quantitative estimate of drug-likeness (QED) is 0.729. The van der Waals surface area contributed by atoms with E-state index in [0.29, 0.717) is 56.1 Å². The van der Waals surface area contributed by atoms with E-state index in [4.69, 9.17) is 4.74 Å². The van der Waals surface area contributed by atoms with E-state index < -0.39 is 10.0 Å². The zero-order chi connectivity index (χ0) is 21.2. The molecule has 1 aromatic rings. The number of aryl methyl sites for hydroxylation is 1. The maximum atomic E-state index is 13.0. The smallest absolute Gasteiger partial charge is 0.243 e. The van der Waals surface area contributed by atoms with Crippen molar-refractivity contribution in [3.05, 3.63) is 23.8 Å². The van der Waals surface area contributed by atoms with Gasteiger partial charge in [0, 0.05) is 37.9 Å². The van der Waals surface area contributed by atoms with E-state index in [0.717, 1.165) is 13.1 Å². The van der Waals surface area contributed by atoms with Crippen LogP contribution >= 0.6 is 0 Å². The van der Waals surface area contributed by atoms with Gasteiger partial charge in [0.2, 0.25) is 15.9 Å². The average molecular weight is 425 g/mol. The van der Waals surface area contributed by atoms with Crippen molar-refractivity contribution in [3.8, 4) is 0 Å². The second-order valence-corrected chi connectivity index (χ2v) is 10.2. The normalized spacial score (nSPS) is 24.2. The summed E-state index contributed by atoms with van der Waals surface area (Å²) in [4.78, 5) is 17.1. The number of nitrogens with zero attached hydrogens (tertiary/aromatic N) is 3. The molecular weight excluding hydrogens is 392 g/mol. The number of likely N-dealkylation sites (N-methyl/N-ethyl adjacent to an activating group) is 1. The molecule has 1 N–H and O–H groups in total. The summed E-state index contributed by atoms with van der Waals surface area (Å²) >= 11 is 0. The fourth-order valence-electron chi connectivity index (χ4n) is 4.13. The van der Waals surface area contributed by atoms with Gasteiger partial charge < -0.3 is 15.0 Å². The summed E-state index contributed by atoms with van der Waals surface area (Å²) in [5, 5.41) is 2.87. The van der Waals surface area contributed by atoms with E-state index in [2.05, 4.69) is 36.1 Å². The number of ether oxygens (including phenoxy) is 1. The molecule has 0 aliphatic carbocycles. The van der Waals surface area contributed by atoms with E-state index in [1.54, 1.807) is 25.1 Å². The lowest BCUT2D eigenvalue weighted by Gasteiger charge is -2.27. The monoisotopic (exact) mass is 424 g/mol. The van der Waals surface area contributed by atoms with Gasteiger partial charge in [0.15, 0.2) is 0 Å². The number of likely N-dealkylation sites (tertiary alicyclic amines) is 1. The predicted molar refractivity (Wildman–Crippen MR) is 112 cm³/mol. The number of hydrogen-bond donors (Lipinski definition) is 1. The topological polar surface area (TPSA) is 82.2 Å². The third-order valence-corrected chi connectivity index (χ3v) is 7.78. The fraction of sp³-hybridized carbons (Fsp3) is 0.650. The Hall–Kier alpha value is -1.52. The van der Waals surface area contributed by atoms with Crippen LogP contribution in [0.1, 0.15) is 12.5 Å². The zero-order valence-corrected chi connectivity index (χ0v) is 18.5. The van der Waals surface area contributed by atoms with Gasteiger partial charge in [-0.3, -0.25) is 9.69 Å². The maximum Gasteiger partial charge on any atom is 0.243 e. The first-order valence-electron chi connectivity index (χ1n) is 10.1. The molecule has 2 fully saturated rings. The Kier molecular flexibility index (Phi) is 6.95. The van der Waals surface area contributed by atoms with Gasteiger partial charge in [-0.2, -0.15) is 4.31 Å². The van der Waals surface area contributed by atoms with Crippen LogP contribution in [0.4, 0.5) is 5.69 Å². The van der Waals surface area contributed by atoms with Crippen LogP contribution < -0.4 is 5.32 Å². The summed E-state index contributed by atoms with van der Waals surface area (Å²) in [6, 6.07) is 5.49. The number of hydrogen-bond acceptors (Lipinski definition) is 6. The average Bonchev–Trinajstić information content (AvgIpc) is 3.04. The largest absolute Gasteiger partial charge is 0.379 e. The Morgan fingerprint density at radius 3 is 2.55 bits per heavy atom. The number of nitrogens with one attached hydrogen (secondary N) is 1. The summed E-state index contributed by atoms with van der Waals surface area (Å²) in [7, 11) is 0.515. The van der Waals surface area contributed by atoms with Gasteiger partial charge in [0.25, 0.3) is 0 Å². The van der Waals surface area contributed by atoms with E-state index in [1.807, 2.05) is 0 Å². The summed E-state index contributed by atoms with van der Waals surface area (Å²) in [5.41, 5.74) is 1.17. The molecule has 1 amide bonds. The van der Waals surface area contributed by atoms with Crippen molar-refractivity contribution in [2.45, 2.75) is 24.8 Å². The van der Waals surface area contributed by atoms with Crippen LogP contribution in [0.15, 0.2) is 23.1 Å². The number of carbonyl (C=O) groups is 1. The van der Waals surface area contributed by atoms with E-state index in [1.165, 1.54) is 4.31 Å². The molecule has 0 bridgehead atoms.